The van der Waals surface area contributed by atoms with Gasteiger partial charge in [-0.1, -0.05) is 154 Å². The highest BCUT2D eigenvalue weighted by molar-refractivity contribution is 5.27. The Hall–Kier alpha value is -3.54. The van der Waals surface area contributed by atoms with Gasteiger partial charge in [-0.3, -0.25) is 0 Å². The predicted octanol–water partition coefficient (Wildman–Crippen LogP) is 11.7. The minimum atomic E-state index is 0.819. The van der Waals surface area contributed by atoms with E-state index in [0.717, 1.165) is 70.2 Å². The molecule has 0 bridgehead atoms. The molecule has 0 aliphatic rings. The van der Waals surface area contributed by atoms with Gasteiger partial charge in [0.25, 0.3) is 0 Å². The molecule has 4 rings (SSSR count). The van der Waals surface area contributed by atoms with Crippen molar-refractivity contribution in [2.75, 3.05) is 13.2 Å². The molecule has 53 heavy (non-hydrogen) atoms. The first-order valence-electron chi connectivity index (χ1n) is 21.7. The Bertz CT molecular complexity index is 1330. The van der Waals surface area contributed by atoms with Gasteiger partial charge in [0.05, 0.1) is 26.3 Å². The van der Waals surface area contributed by atoms with Crippen LogP contribution in [0.3, 0.4) is 0 Å². The van der Waals surface area contributed by atoms with Gasteiger partial charge in [-0.15, -0.1) is 0 Å². The molecule has 0 saturated heterocycles. The Balaban J connectivity index is 1.02. The predicted molar refractivity (Wildman–Crippen MR) is 220 cm³/mol. The molecule has 2 aromatic carbocycles. The van der Waals surface area contributed by atoms with Crippen LogP contribution in [0.15, 0.2) is 86.0 Å². The van der Waals surface area contributed by atoms with Gasteiger partial charge < -0.3 is 9.47 Å². The summed E-state index contributed by atoms with van der Waals surface area (Å²) in [5.74, 6) is 1.97. The second kappa shape index (κ2) is 27.1. The van der Waals surface area contributed by atoms with E-state index in [9.17, 15) is 0 Å². The van der Waals surface area contributed by atoms with Crippen molar-refractivity contribution >= 4 is 0 Å². The average Bonchev–Trinajstić information content (AvgIpc) is 3.83. The first-order chi connectivity index (χ1) is 26.2. The minimum Gasteiger partial charge on any atom is -0.494 e. The Morgan fingerprint density at radius 3 is 1.11 bits per heavy atom. The molecular formula is C47H74N4O2+2. The maximum absolute atomic E-state index is 6.02. The second-order valence-corrected chi connectivity index (χ2v) is 15.3. The molecule has 0 atom stereocenters. The third kappa shape index (κ3) is 18.9. The van der Waals surface area contributed by atoms with Gasteiger partial charge in [0.2, 0.25) is 12.7 Å². The SMILES string of the molecule is CCCCCCCCCCCCOc1ccc(C[n+]2ccn(CCCn3cc[n+](Cc4ccc(OCCCCCCCCCCCC)cc4)c3)c2)cc1. The van der Waals surface area contributed by atoms with Gasteiger partial charge in [0.15, 0.2) is 0 Å². The zero-order chi connectivity index (χ0) is 37.0. The number of benzene rings is 2. The van der Waals surface area contributed by atoms with Gasteiger partial charge in [-0.05, 0) is 48.2 Å². The number of aromatic nitrogens is 4. The fourth-order valence-electron chi connectivity index (χ4n) is 7.13. The summed E-state index contributed by atoms with van der Waals surface area (Å²) < 4.78 is 21.1. The van der Waals surface area contributed by atoms with Crippen molar-refractivity contribution in [2.45, 2.75) is 175 Å². The van der Waals surface area contributed by atoms with Crippen molar-refractivity contribution in [2.24, 2.45) is 0 Å². The number of nitrogens with zero attached hydrogens (tertiary/aromatic N) is 4. The molecule has 0 aliphatic carbocycles. The molecule has 0 radical (unpaired) electrons. The summed E-state index contributed by atoms with van der Waals surface area (Å²) in [6, 6.07) is 17.3. The average molecular weight is 727 g/mol. The molecule has 6 heteroatoms. The first kappa shape index (κ1) is 42.2. The Labute approximate surface area is 323 Å². The van der Waals surface area contributed by atoms with Crippen molar-refractivity contribution in [3.63, 3.8) is 0 Å². The van der Waals surface area contributed by atoms with Crippen LogP contribution in [0.25, 0.3) is 0 Å². The van der Waals surface area contributed by atoms with Crippen LogP contribution in [0.5, 0.6) is 11.5 Å². The van der Waals surface area contributed by atoms with Crippen LogP contribution in [0, 0.1) is 0 Å². The van der Waals surface area contributed by atoms with E-state index in [0.29, 0.717) is 0 Å². The second-order valence-electron chi connectivity index (χ2n) is 15.3. The summed E-state index contributed by atoms with van der Waals surface area (Å²) in [5, 5.41) is 0. The van der Waals surface area contributed by atoms with Crippen molar-refractivity contribution in [3.8, 4) is 11.5 Å². The number of hydrogen-bond donors (Lipinski definition) is 0. The largest absolute Gasteiger partial charge is 0.494 e. The topological polar surface area (TPSA) is 36.1 Å². The van der Waals surface area contributed by atoms with Crippen molar-refractivity contribution < 1.29 is 18.6 Å². The lowest BCUT2D eigenvalue weighted by Gasteiger charge is -2.07. The summed E-state index contributed by atoms with van der Waals surface area (Å²) in [4.78, 5) is 0. The van der Waals surface area contributed by atoms with Crippen molar-refractivity contribution in [1.82, 2.24) is 9.13 Å². The molecule has 292 valence electrons. The molecule has 0 amide bonds. The van der Waals surface area contributed by atoms with Crippen LogP contribution in [-0.2, 0) is 26.2 Å². The number of unbranched alkanes of at least 4 members (excludes halogenated alkanes) is 18. The number of rotatable bonds is 32. The zero-order valence-corrected chi connectivity index (χ0v) is 33.8. The summed E-state index contributed by atoms with van der Waals surface area (Å²) in [6.45, 7) is 9.94. The summed E-state index contributed by atoms with van der Waals surface area (Å²) in [6.07, 6.45) is 41.3. The molecule has 0 fully saturated rings. The third-order valence-electron chi connectivity index (χ3n) is 10.4. The lowest BCUT2D eigenvalue weighted by Crippen LogP contribution is -2.31. The van der Waals surface area contributed by atoms with Gasteiger partial charge in [0, 0.05) is 6.42 Å². The molecule has 0 N–H and O–H groups in total. The maximum Gasteiger partial charge on any atom is 0.244 e. The van der Waals surface area contributed by atoms with E-state index in [2.05, 4.69) is 118 Å². The lowest BCUT2D eigenvalue weighted by atomic mass is 10.1. The summed E-state index contributed by atoms with van der Waals surface area (Å²) >= 11 is 0. The van der Waals surface area contributed by atoms with Crippen LogP contribution in [0.4, 0.5) is 0 Å². The van der Waals surface area contributed by atoms with Crippen molar-refractivity contribution in [3.05, 3.63) is 97.1 Å². The monoisotopic (exact) mass is 727 g/mol. The Kier molecular flexibility index (Phi) is 21.6. The fourth-order valence-corrected chi connectivity index (χ4v) is 7.13. The van der Waals surface area contributed by atoms with Gasteiger partial charge in [0.1, 0.15) is 49.4 Å². The molecule has 6 nitrogen and oxygen atoms in total. The number of imidazole rings is 2. The maximum atomic E-state index is 6.02. The molecular weight excluding hydrogens is 653 g/mol. The fraction of sp³-hybridized carbons (Fsp3) is 0.617. The van der Waals surface area contributed by atoms with E-state index < -0.39 is 0 Å². The van der Waals surface area contributed by atoms with Crippen LogP contribution in [0.1, 0.15) is 160 Å². The standard InChI is InChI=1S/C47H74N4O2/c1-3-5-7-9-11-13-15-17-19-21-38-52-46-28-24-44(25-29-46)40-50-36-34-48(42-50)32-23-33-49-35-37-51(43-49)41-45-26-30-47(31-27-45)53-39-22-20-18-16-14-12-10-8-6-4-2/h24-31,34-37,42-43H,3-23,32-33,38-41H2,1-2H3/q+2. The minimum absolute atomic E-state index is 0.819. The first-order valence-corrected chi connectivity index (χ1v) is 21.7. The van der Waals surface area contributed by atoms with Crippen LogP contribution >= 0.6 is 0 Å². The van der Waals surface area contributed by atoms with Gasteiger partial charge >= 0.3 is 0 Å². The molecule has 0 saturated carbocycles. The van der Waals surface area contributed by atoms with E-state index in [-0.39, 0.29) is 0 Å². The van der Waals surface area contributed by atoms with Crippen LogP contribution in [-0.4, -0.2) is 22.3 Å². The number of ether oxygens (including phenoxy) is 2. The smallest absolute Gasteiger partial charge is 0.244 e. The quantitative estimate of drug-likeness (QED) is 0.0371. The molecule has 2 heterocycles. The Morgan fingerprint density at radius 2 is 0.755 bits per heavy atom. The number of aryl methyl sites for hydroxylation is 2. The Morgan fingerprint density at radius 1 is 0.415 bits per heavy atom. The number of hydrogen-bond acceptors (Lipinski definition) is 2. The normalized spacial score (nSPS) is 11.4. The van der Waals surface area contributed by atoms with E-state index in [1.807, 2.05) is 0 Å². The third-order valence-corrected chi connectivity index (χ3v) is 10.4. The molecule has 4 aromatic rings. The van der Waals surface area contributed by atoms with Gasteiger partial charge in [-0.2, -0.15) is 0 Å². The van der Waals surface area contributed by atoms with Crippen LogP contribution in [0.2, 0.25) is 0 Å². The molecule has 0 aliphatic heterocycles. The molecule has 0 spiro atoms. The molecule has 2 aromatic heterocycles. The highest BCUT2D eigenvalue weighted by Gasteiger charge is 2.09. The molecule has 0 unspecified atom stereocenters. The lowest BCUT2D eigenvalue weighted by molar-refractivity contribution is -0.687. The van der Waals surface area contributed by atoms with Crippen LogP contribution < -0.4 is 18.6 Å². The van der Waals surface area contributed by atoms with E-state index in [1.165, 1.54) is 127 Å². The highest BCUT2D eigenvalue weighted by Crippen LogP contribution is 2.16. The van der Waals surface area contributed by atoms with E-state index >= 15 is 0 Å². The van der Waals surface area contributed by atoms with E-state index in [1.54, 1.807) is 0 Å². The van der Waals surface area contributed by atoms with E-state index in [4.69, 9.17) is 9.47 Å². The summed E-state index contributed by atoms with van der Waals surface area (Å²) in [7, 11) is 0. The summed E-state index contributed by atoms with van der Waals surface area (Å²) in [5.41, 5.74) is 2.59. The van der Waals surface area contributed by atoms with Crippen molar-refractivity contribution in [1.29, 1.82) is 0 Å². The van der Waals surface area contributed by atoms with Gasteiger partial charge in [-0.25, -0.2) is 18.3 Å². The zero-order valence-electron chi connectivity index (χ0n) is 33.8. The highest BCUT2D eigenvalue weighted by atomic mass is 16.5.